The van der Waals surface area contributed by atoms with Gasteiger partial charge in [-0.25, -0.2) is 0 Å². The number of para-hydroxylation sites is 1. The van der Waals surface area contributed by atoms with Gasteiger partial charge < -0.3 is 19.3 Å². The van der Waals surface area contributed by atoms with Gasteiger partial charge in [0.2, 0.25) is 14.8 Å². The van der Waals surface area contributed by atoms with Gasteiger partial charge in [0, 0.05) is 59.9 Å². The molecular formula is C27H32FN5O4Si. The minimum absolute atomic E-state index is 0.0174. The number of nitrogens with zero attached hydrogens (tertiary/aromatic N) is 4. The Bertz CT molecular complexity index is 1330. The number of aromatic nitrogens is 3. The van der Waals surface area contributed by atoms with E-state index in [9.17, 15) is 9.59 Å². The minimum Gasteiger partial charge on any atom is -0.396 e. The van der Waals surface area contributed by atoms with E-state index >= 15 is 4.11 Å². The molecule has 0 radical (unpaired) electrons. The van der Waals surface area contributed by atoms with Crippen LogP contribution in [-0.2, 0) is 32.9 Å². The number of aliphatic hydroxyl groups is 1. The van der Waals surface area contributed by atoms with Crippen molar-refractivity contribution in [1.29, 1.82) is 0 Å². The fourth-order valence-electron chi connectivity index (χ4n) is 6.07. The summed E-state index contributed by atoms with van der Waals surface area (Å²) in [5, 5.41) is 20.3. The number of hydrogen-bond acceptors (Lipinski definition) is 6. The SMILES string of the molecule is C[C@H]1[C@H]([Si](C)(C)F)[C@@H](CCn2cc(CCO)nn2)O[C@]12C(=O)Nc1ccc(N(C=O)c3ccccc3)cc12. The largest absolute Gasteiger partial charge is 0.396 e. The van der Waals surface area contributed by atoms with Crippen molar-refractivity contribution in [2.24, 2.45) is 5.92 Å². The first kappa shape index (κ1) is 26.2. The first-order valence-electron chi connectivity index (χ1n) is 12.8. The highest BCUT2D eigenvalue weighted by Gasteiger charge is 2.65. The van der Waals surface area contributed by atoms with Gasteiger partial charge in [-0.2, -0.15) is 0 Å². The Morgan fingerprint density at radius 2 is 2.00 bits per heavy atom. The minimum atomic E-state index is -3.29. The van der Waals surface area contributed by atoms with E-state index in [0.29, 0.717) is 47.7 Å². The summed E-state index contributed by atoms with van der Waals surface area (Å²) in [6.07, 6.45) is 2.84. The molecule has 2 aliphatic heterocycles. The van der Waals surface area contributed by atoms with Crippen LogP contribution in [0.25, 0.3) is 0 Å². The number of anilines is 3. The zero-order valence-electron chi connectivity index (χ0n) is 21.7. The lowest BCUT2D eigenvalue weighted by molar-refractivity contribution is -0.143. The molecule has 3 aromatic rings. The molecule has 0 bridgehead atoms. The summed E-state index contributed by atoms with van der Waals surface area (Å²) < 4.78 is 24.1. The molecule has 1 spiro atoms. The summed E-state index contributed by atoms with van der Waals surface area (Å²) in [5.74, 6) is -0.746. The van der Waals surface area contributed by atoms with Gasteiger partial charge in [-0.15, -0.1) is 5.10 Å². The number of rotatable bonds is 9. The maximum atomic E-state index is 15.9. The van der Waals surface area contributed by atoms with E-state index in [2.05, 4.69) is 15.6 Å². The summed E-state index contributed by atoms with van der Waals surface area (Å²) in [7, 11) is -3.29. The Labute approximate surface area is 221 Å². The summed E-state index contributed by atoms with van der Waals surface area (Å²) in [4.78, 5) is 27.2. The number of ether oxygens (including phenoxy) is 1. The third kappa shape index (κ3) is 4.44. The van der Waals surface area contributed by atoms with E-state index in [-0.39, 0.29) is 12.5 Å². The van der Waals surface area contributed by atoms with E-state index in [1.54, 1.807) is 42.2 Å². The summed E-state index contributed by atoms with van der Waals surface area (Å²) in [6.45, 7) is 5.63. The number of amides is 2. The van der Waals surface area contributed by atoms with Crippen molar-refractivity contribution in [2.75, 3.05) is 16.8 Å². The van der Waals surface area contributed by atoms with Crippen molar-refractivity contribution < 1.29 is 23.5 Å². The van der Waals surface area contributed by atoms with Crippen LogP contribution in [0.15, 0.2) is 54.7 Å². The highest BCUT2D eigenvalue weighted by molar-refractivity contribution is 6.72. The zero-order valence-corrected chi connectivity index (χ0v) is 22.7. The van der Waals surface area contributed by atoms with Crippen LogP contribution in [0.2, 0.25) is 18.6 Å². The molecule has 2 N–H and O–H groups in total. The van der Waals surface area contributed by atoms with Crippen LogP contribution in [0, 0.1) is 5.92 Å². The molecule has 200 valence electrons. The van der Waals surface area contributed by atoms with E-state index in [1.165, 1.54) is 4.90 Å². The molecule has 1 saturated heterocycles. The number of aryl methyl sites for hydroxylation is 1. The van der Waals surface area contributed by atoms with E-state index < -0.39 is 31.6 Å². The van der Waals surface area contributed by atoms with Crippen LogP contribution >= 0.6 is 0 Å². The second-order valence-corrected chi connectivity index (χ2v) is 14.3. The highest BCUT2D eigenvalue weighted by Crippen LogP contribution is 2.59. The average molecular weight is 538 g/mol. The fourth-order valence-corrected chi connectivity index (χ4v) is 8.61. The molecule has 9 nitrogen and oxygen atoms in total. The molecule has 0 saturated carbocycles. The number of halogens is 1. The Balaban J connectivity index is 1.50. The number of hydrogen-bond donors (Lipinski definition) is 2. The van der Waals surface area contributed by atoms with Gasteiger partial charge in [-0.05, 0) is 49.8 Å². The lowest BCUT2D eigenvalue weighted by atomic mass is 9.82. The van der Waals surface area contributed by atoms with Crippen LogP contribution in [0.3, 0.4) is 0 Å². The molecule has 2 aliphatic rings. The average Bonchev–Trinajstić information content (AvgIpc) is 3.54. The van der Waals surface area contributed by atoms with Gasteiger partial charge in [0.05, 0.1) is 11.8 Å². The van der Waals surface area contributed by atoms with Crippen LogP contribution in [-0.4, -0.2) is 53.5 Å². The Kier molecular flexibility index (Phi) is 6.93. The number of carbonyl (C=O) groups excluding carboxylic acids is 2. The smallest absolute Gasteiger partial charge is 0.261 e. The molecule has 1 aromatic heterocycles. The second-order valence-electron chi connectivity index (χ2n) is 10.5. The van der Waals surface area contributed by atoms with Crippen LogP contribution < -0.4 is 10.2 Å². The fraction of sp³-hybridized carbons (Fsp3) is 0.407. The molecular weight excluding hydrogens is 505 g/mol. The van der Waals surface area contributed by atoms with Crippen molar-refractivity contribution in [3.05, 3.63) is 66.0 Å². The summed E-state index contributed by atoms with van der Waals surface area (Å²) in [5.41, 5.74) is 1.37. The molecule has 0 aliphatic carbocycles. The lowest BCUT2D eigenvalue weighted by Crippen LogP contribution is -2.42. The topological polar surface area (TPSA) is 110 Å². The van der Waals surface area contributed by atoms with Gasteiger partial charge in [0.15, 0.2) is 5.60 Å². The van der Waals surface area contributed by atoms with Gasteiger partial charge in [-0.1, -0.05) is 30.3 Å². The van der Waals surface area contributed by atoms with Crippen LogP contribution in [0.4, 0.5) is 21.2 Å². The van der Waals surface area contributed by atoms with Gasteiger partial charge in [0.25, 0.3) is 5.91 Å². The molecule has 4 atom stereocenters. The third-order valence-corrected chi connectivity index (χ3v) is 10.2. The quantitative estimate of drug-likeness (QED) is 0.243. The number of nitrogens with one attached hydrogen (secondary N) is 1. The predicted molar refractivity (Wildman–Crippen MR) is 143 cm³/mol. The molecule has 11 heteroatoms. The molecule has 38 heavy (non-hydrogen) atoms. The highest BCUT2D eigenvalue weighted by atomic mass is 28.4. The normalized spacial score (nSPS) is 24.4. The Morgan fingerprint density at radius 1 is 1.24 bits per heavy atom. The number of carbonyl (C=O) groups is 2. The molecule has 3 heterocycles. The molecule has 2 amide bonds. The van der Waals surface area contributed by atoms with Crippen molar-refractivity contribution in [1.82, 2.24) is 15.0 Å². The molecule has 5 rings (SSSR count). The first-order chi connectivity index (χ1) is 18.2. The second kappa shape index (κ2) is 10.0. The first-order valence-corrected chi connectivity index (χ1v) is 15.8. The van der Waals surface area contributed by atoms with Crippen LogP contribution in [0.1, 0.15) is 24.6 Å². The molecule has 1 fully saturated rings. The zero-order chi connectivity index (χ0) is 27.1. The van der Waals surface area contributed by atoms with Crippen LogP contribution in [0.5, 0.6) is 0 Å². The third-order valence-electron chi connectivity index (χ3n) is 7.71. The van der Waals surface area contributed by atoms with Crippen molar-refractivity contribution >= 4 is 37.8 Å². The molecule has 2 aromatic carbocycles. The summed E-state index contributed by atoms with van der Waals surface area (Å²) >= 11 is 0. The Morgan fingerprint density at radius 3 is 2.68 bits per heavy atom. The maximum absolute atomic E-state index is 15.9. The van der Waals surface area contributed by atoms with Crippen molar-refractivity contribution in [2.45, 2.75) is 56.7 Å². The standard InChI is InChI=1S/C27H32FN5O4Si/c1-18-25(38(2,3)28)24(11-13-32-16-19(12-14-34)30-31-32)37-27(18)22-15-21(9-10-23(22)29-26(27)36)33(17-35)20-7-5-4-6-8-20/h4-10,15-18,24-25,34H,11-14H2,1-3H3,(H,29,36)/t18-,24+,25-,27+/m0/s1. The van der Waals surface area contributed by atoms with E-state index in [1.807, 2.05) is 37.3 Å². The maximum Gasteiger partial charge on any atom is 0.261 e. The molecule has 0 unspecified atom stereocenters. The lowest BCUT2D eigenvalue weighted by Gasteiger charge is -2.31. The van der Waals surface area contributed by atoms with Crippen molar-refractivity contribution in [3.8, 4) is 0 Å². The van der Waals surface area contributed by atoms with Gasteiger partial charge >= 0.3 is 0 Å². The number of benzene rings is 2. The predicted octanol–water partition coefficient (Wildman–Crippen LogP) is 3.92. The van der Waals surface area contributed by atoms with E-state index in [0.717, 1.165) is 6.41 Å². The Hall–Kier alpha value is -3.41. The number of aliphatic hydroxyl groups excluding tert-OH is 1. The summed E-state index contributed by atoms with van der Waals surface area (Å²) in [6, 6.07) is 14.6. The monoisotopic (exact) mass is 537 g/mol. The van der Waals surface area contributed by atoms with E-state index in [4.69, 9.17) is 9.84 Å². The van der Waals surface area contributed by atoms with Gasteiger partial charge in [-0.3, -0.25) is 19.2 Å². The van der Waals surface area contributed by atoms with Gasteiger partial charge in [0.1, 0.15) is 0 Å². The number of fused-ring (bicyclic) bond motifs is 2. The van der Waals surface area contributed by atoms with Crippen molar-refractivity contribution in [3.63, 3.8) is 0 Å².